The third kappa shape index (κ3) is 11.2. The first kappa shape index (κ1) is 25.2. The monoisotopic (exact) mass is 424 g/mol. The molecule has 9 nitrogen and oxygen atoms in total. The number of esters is 2. The second-order valence-corrected chi connectivity index (χ2v) is 8.69. The smallest absolute Gasteiger partial charge is 0.407 e. The molecular formula is C21H32N2O7. The van der Waals surface area contributed by atoms with Crippen LogP contribution in [0, 0.1) is 0 Å². The van der Waals surface area contributed by atoms with Gasteiger partial charge in [-0.3, -0.25) is 4.79 Å². The van der Waals surface area contributed by atoms with Gasteiger partial charge in [0.25, 0.3) is 0 Å². The number of alkyl carbamates (subject to hydrolysis) is 1. The van der Waals surface area contributed by atoms with Crippen LogP contribution < -0.4 is 10.1 Å². The fraction of sp³-hybridized carbons (Fsp3) is 0.619. The second-order valence-electron chi connectivity index (χ2n) is 8.69. The van der Waals surface area contributed by atoms with E-state index in [-0.39, 0.29) is 37.3 Å². The lowest BCUT2D eigenvalue weighted by atomic mass is 10.2. The van der Waals surface area contributed by atoms with Gasteiger partial charge in [0, 0.05) is 6.07 Å². The summed E-state index contributed by atoms with van der Waals surface area (Å²) in [7, 11) is 0. The number of carbonyl (C=O) groups is 3. The van der Waals surface area contributed by atoms with Crippen LogP contribution in [0.3, 0.4) is 0 Å². The molecule has 168 valence electrons. The Morgan fingerprint density at radius 1 is 1.03 bits per heavy atom. The molecule has 0 bridgehead atoms. The number of aromatic nitrogens is 1. The molecule has 1 N–H and O–H groups in total. The maximum absolute atomic E-state index is 12.1. The van der Waals surface area contributed by atoms with Crippen LogP contribution in [-0.4, -0.2) is 53.5 Å². The number of nitrogens with one attached hydrogen (secondary N) is 1. The third-order valence-electron chi connectivity index (χ3n) is 3.14. The molecule has 1 amide bonds. The molecule has 1 heterocycles. The molecule has 0 saturated carbocycles. The van der Waals surface area contributed by atoms with Crippen LogP contribution in [0.4, 0.5) is 4.79 Å². The van der Waals surface area contributed by atoms with E-state index >= 15 is 0 Å². The van der Waals surface area contributed by atoms with Gasteiger partial charge in [0.05, 0.1) is 12.5 Å². The van der Waals surface area contributed by atoms with E-state index in [1.807, 2.05) is 0 Å². The average Bonchev–Trinajstić information content (AvgIpc) is 2.56. The molecule has 1 aromatic heterocycles. The first-order chi connectivity index (χ1) is 13.7. The molecule has 0 aliphatic carbocycles. The van der Waals surface area contributed by atoms with E-state index in [2.05, 4.69) is 10.3 Å². The van der Waals surface area contributed by atoms with Crippen molar-refractivity contribution in [2.75, 3.05) is 13.2 Å². The van der Waals surface area contributed by atoms with Crippen molar-refractivity contribution >= 4 is 18.0 Å². The lowest BCUT2D eigenvalue weighted by molar-refractivity contribution is -0.155. The number of carbonyl (C=O) groups excluding carboxylic acids is 3. The predicted octanol–water partition coefficient (Wildman–Crippen LogP) is 3.26. The van der Waals surface area contributed by atoms with Gasteiger partial charge in [0.1, 0.15) is 24.4 Å². The molecular weight excluding hydrogens is 392 g/mol. The SMILES string of the molecule is CC(COc1cccc(C(=O)OCCC(=O)OC(C)(C)C)n1)NC(=O)OC(C)(C)C. The first-order valence-corrected chi connectivity index (χ1v) is 9.73. The Bertz CT molecular complexity index is 736. The minimum Gasteiger partial charge on any atom is -0.475 e. The molecule has 0 radical (unpaired) electrons. The molecule has 0 spiro atoms. The highest BCUT2D eigenvalue weighted by Crippen LogP contribution is 2.11. The molecule has 1 aromatic rings. The number of amides is 1. The van der Waals surface area contributed by atoms with Crippen LogP contribution in [0.15, 0.2) is 18.2 Å². The molecule has 0 fully saturated rings. The summed E-state index contributed by atoms with van der Waals surface area (Å²) in [5, 5.41) is 2.65. The molecule has 1 atom stereocenters. The fourth-order valence-corrected chi connectivity index (χ4v) is 2.06. The van der Waals surface area contributed by atoms with Crippen molar-refractivity contribution in [1.29, 1.82) is 0 Å². The Balaban J connectivity index is 2.47. The van der Waals surface area contributed by atoms with Crippen LogP contribution >= 0.6 is 0 Å². The lowest BCUT2D eigenvalue weighted by Gasteiger charge is -2.22. The summed E-state index contributed by atoms with van der Waals surface area (Å²) < 4.78 is 20.9. The Kier molecular flexibility index (Phi) is 9.07. The standard InChI is InChI=1S/C21H32N2O7/c1-14(22-19(26)30-21(5,6)7)13-28-16-10-8-9-15(23-16)18(25)27-12-11-17(24)29-20(2,3)4/h8-10,14H,11-13H2,1-7H3,(H,22,26). The molecule has 0 aliphatic rings. The fourth-order valence-electron chi connectivity index (χ4n) is 2.06. The highest BCUT2D eigenvalue weighted by Gasteiger charge is 2.19. The highest BCUT2D eigenvalue weighted by atomic mass is 16.6. The van der Waals surface area contributed by atoms with Gasteiger partial charge in [0.2, 0.25) is 5.88 Å². The van der Waals surface area contributed by atoms with E-state index in [4.69, 9.17) is 18.9 Å². The first-order valence-electron chi connectivity index (χ1n) is 9.73. The summed E-state index contributed by atoms with van der Waals surface area (Å²) in [4.78, 5) is 39.6. The van der Waals surface area contributed by atoms with Crippen molar-refractivity contribution in [2.45, 2.75) is 72.1 Å². The Hall–Kier alpha value is -2.84. The minimum atomic E-state index is -0.677. The van der Waals surface area contributed by atoms with Gasteiger partial charge in [-0.15, -0.1) is 0 Å². The van der Waals surface area contributed by atoms with Gasteiger partial charge >= 0.3 is 18.0 Å². The summed E-state index contributed by atoms with van der Waals surface area (Å²) in [6, 6.07) is 4.31. The number of hydrogen-bond donors (Lipinski definition) is 1. The van der Waals surface area contributed by atoms with Gasteiger partial charge in [0.15, 0.2) is 5.69 Å². The van der Waals surface area contributed by atoms with Crippen LogP contribution in [0.5, 0.6) is 5.88 Å². The Labute approximate surface area is 177 Å². The average molecular weight is 424 g/mol. The summed E-state index contributed by atoms with van der Waals surface area (Å²) in [6.07, 6.45) is -0.596. The quantitative estimate of drug-likeness (QED) is 0.500. The zero-order valence-corrected chi connectivity index (χ0v) is 18.7. The van der Waals surface area contributed by atoms with Gasteiger partial charge < -0.3 is 24.3 Å². The summed E-state index contributed by atoms with van der Waals surface area (Å²) in [5.41, 5.74) is -1.14. The summed E-state index contributed by atoms with van der Waals surface area (Å²) in [6.45, 7) is 12.4. The van der Waals surface area contributed by atoms with Gasteiger partial charge in [-0.1, -0.05) is 6.07 Å². The Morgan fingerprint density at radius 2 is 1.67 bits per heavy atom. The second kappa shape index (κ2) is 10.8. The lowest BCUT2D eigenvalue weighted by Crippen LogP contribution is -2.40. The van der Waals surface area contributed by atoms with Gasteiger partial charge in [-0.2, -0.15) is 0 Å². The highest BCUT2D eigenvalue weighted by molar-refractivity contribution is 5.87. The maximum atomic E-state index is 12.1. The van der Waals surface area contributed by atoms with Crippen molar-refractivity contribution in [1.82, 2.24) is 10.3 Å². The van der Waals surface area contributed by atoms with E-state index in [9.17, 15) is 14.4 Å². The number of rotatable bonds is 8. The van der Waals surface area contributed by atoms with Gasteiger partial charge in [-0.05, 0) is 54.5 Å². The summed E-state index contributed by atoms with van der Waals surface area (Å²) >= 11 is 0. The zero-order chi connectivity index (χ0) is 22.9. The number of ether oxygens (including phenoxy) is 4. The third-order valence-corrected chi connectivity index (χ3v) is 3.14. The molecule has 1 unspecified atom stereocenters. The minimum absolute atomic E-state index is 0.0458. The van der Waals surface area contributed by atoms with E-state index < -0.39 is 29.2 Å². The van der Waals surface area contributed by atoms with Crippen LogP contribution in [0.25, 0.3) is 0 Å². The van der Waals surface area contributed by atoms with E-state index in [0.717, 1.165) is 0 Å². The molecule has 0 saturated heterocycles. The maximum Gasteiger partial charge on any atom is 0.407 e. The number of hydrogen-bond acceptors (Lipinski definition) is 8. The number of pyridine rings is 1. The molecule has 0 aromatic carbocycles. The largest absolute Gasteiger partial charge is 0.475 e. The van der Waals surface area contributed by atoms with Crippen LogP contribution in [-0.2, 0) is 19.0 Å². The predicted molar refractivity (Wildman–Crippen MR) is 109 cm³/mol. The van der Waals surface area contributed by atoms with Crippen molar-refractivity contribution in [3.63, 3.8) is 0 Å². The summed E-state index contributed by atoms with van der Waals surface area (Å²) in [5.74, 6) is -0.926. The van der Waals surface area contributed by atoms with Gasteiger partial charge in [-0.25, -0.2) is 14.6 Å². The van der Waals surface area contributed by atoms with Crippen molar-refractivity contribution < 1.29 is 33.3 Å². The molecule has 0 aliphatic heterocycles. The molecule has 30 heavy (non-hydrogen) atoms. The number of nitrogens with zero attached hydrogens (tertiary/aromatic N) is 1. The normalized spacial score (nSPS) is 12.5. The van der Waals surface area contributed by atoms with Crippen LogP contribution in [0.1, 0.15) is 65.4 Å². The van der Waals surface area contributed by atoms with Crippen LogP contribution in [0.2, 0.25) is 0 Å². The van der Waals surface area contributed by atoms with Crippen molar-refractivity contribution in [3.05, 3.63) is 23.9 Å². The molecule has 9 heteroatoms. The van der Waals surface area contributed by atoms with Crippen molar-refractivity contribution in [3.8, 4) is 5.88 Å². The Morgan fingerprint density at radius 3 is 2.27 bits per heavy atom. The van der Waals surface area contributed by atoms with E-state index in [0.29, 0.717) is 0 Å². The topological polar surface area (TPSA) is 113 Å². The van der Waals surface area contributed by atoms with E-state index in [1.54, 1.807) is 60.6 Å². The molecule has 1 rings (SSSR count). The van der Waals surface area contributed by atoms with E-state index in [1.165, 1.54) is 6.07 Å². The zero-order valence-electron chi connectivity index (χ0n) is 18.7. The van der Waals surface area contributed by atoms with Crippen molar-refractivity contribution in [2.24, 2.45) is 0 Å².